The Hall–Kier alpha value is -1.42. The van der Waals surface area contributed by atoms with Crippen molar-refractivity contribution in [2.24, 2.45) is 0 Å². The number of fused-ring (bicyclic) bond motifs is 1. The zero-order chi connectivity index (χ0) is 11.5. The maximum absolute atomic E-state index is 10.0. The Bertz CT molecular complexity index is 376. The van der Waals surface area contributed by atoms with Crippen molar-refractivity contribution in [2.75, 3.05) is 20.8 Å². The topological polar surface area (TPSA) is 47.9 Å². The van der Waals surface area contributed by atoms with E-state index in [0.29, 0.717) is 30.3 Å². The molecule has 0 radical (unpaired) electrons. The van der Waals surface area contributed by atoms with E-state index in [4.69, 9.17) is 14.2 Å². The van der Waals surface area contributed by atoms with E-state index >= 15 is 0 Å². The Morgan fingerprint density at radius 1 is 1.31 bits per heavy atom. The average molecular weight is 224 g/mol. The van der Waals surface area contributed by atoms with Crippen LogP contribution in [0.25, 0.3) is 0 Å². The van der Waals surface area contributed by atoms with E-state index in [1.54, 1.807) is 26.4 Å². The highest BCUT2D eigenvalue weighted by molar-refractivity contribution is 5.52. The van der Waals surface area contributed by atoms with Crippen molar-refractivity contribution in [3.8, 4) is 17.2 Å². The zero-order valence-electron chi connectivity index (χ0n) is 9.53. The van der Waals surface area contributed by atoms with Gasteiger partial charge in [0, 0.05) is 12.1 Å². The molecule has 0 unspecified atom stereocenters. The van der Waals surface area contributed by atoms with Crippen LogP contribution in [0, 0.1) is 0 Å². The summed E-state index contributed by atoms with van der Waals surface area (Å²) in [7, 11) is 3.17. The summed E-state index contributed by atoms with van der Waals surface area (Å²) in [6.45, 7) is 0.611. The molecule has 1 aliphatic rings. The molecular formula is C12H16O4. The lowest BCUT2D eigenvalue weighted by Gasteiger charge is -2.16. The fourth-order valence-corrected chi connectivity index (χ4v) is 1.91. The predicted molar refractivity (Wildman–Crippen MR) is 59.2 cm³/mol. The minimum atomic E-state index is -0.529. The molecule has 16 heavy (non-hydrogen) atoms. The third-order valence-electron chi connectivity index (χ3n) is 2.75. The highest BCUT2D eigenvalue weighted by Gasteiger charge is 2.23. The van der Waals surface area contributed by atoms with Crippen LogP contribution in [0.2, 0.25) is 0 Å². The third kappa shape index (κ3) is 1.93. The normalized spacial score (nSPS) is 19.3. The van der Waals surface area contributed by atoms with Gasteiger partial charge in [-0.1, -0.05) is 0 Å². The molecular weight excluding hydrogens is 208 g/mol. The van der Waals surface area contributed by atoms with E-state index in [0.717, 1.165) is 12.0 Å². The van der Waals surface area contributed by atoms with Crippen molar-refractivity contribution >= 4 is 0 Å². The van der Waals surface area contributed by atoms with Gasteiger partial charge in [-0.3, -0.25) is 0 Å². The Balaban J connectivity index is 2.51. The lowest BCUT2D eigenvalue weighted by Crippen LogP contribution is -2.01. The van der Waals surface area contributed by atoms with Crippen LogP contribution in [0.1, 0.15) is 24.5 Å². The maximum atomic E-state index is 10.0. The van der Waals surface area contributed by atoms with Crippen molar-refractivity contribution in [3.63, 3.8) is 0 Å². The summed E-state index contributed by atoms with van der Waals surface area (Å²) in [6, 6.07) is 3.54. The number of aliphatic hydroxyl groups excluding tert-OH is 1. The summed E-state index contributed by atoms with van der Waals surface area (Å²) in [5.41, 5.74) is 0.723. The van der Waals surface area contributed by atoms with Crippen LogP contribution in [-0.4, -0.2) is 25.9 Å². The predicted octanol–water partition coefficient (Wildman–Crippen LogP) is 1.91. The van der Waals surface area contributed by atoms with Gasteiger partial charge in [0.15, 0.2) is 0 Å². The second kappa shape index (κ2) is 4.61. The van der Waals surface area contributed by atoms with E-state index in [1.165, 1.54) is 0 Å². The van der Waals surface area contributed by atoms with Gasteiger partial charge in [0.05, 0.1) is 32.5 Å². The Morgan fingerprint density at radius 3 is 2.81 bits per heavy atom. The van der Waals surface area contributed by atoms with Gasteiger partial charge in [0.25, 0.3) is 0 Å². The highest BCUT2D eigenvalue weighted by Crippen LogP contribution is 2.41. The number of hydrogen-bond donors (Lipinski definition) is 1. The lowest BCUT2D eigenvalue weighted by molar-refractivity contribution is 0.163. The maximum Gasteiger partial charge on any atom is 0.132 e. The summed E-state index contributed by atoms with van der Waals surface area (Å²) < 4.78 is 16.0. The first-order chi connectivity index (χ1) is 7.76. The quantitative estimate of drug-likeness (QED) is 0.833. The summed E-state index contributed by atoms with van der Waals surface area (Å²) >= 11 is 0. The molecule has 0 spiro atoms. The van der Waals surface area contributed by atoms with E-state index in [1.807, 2.05) is 0 Å². The molecule has 1 aromatic carbocycles. The third-order valence-corrected chi connectivity index (χ3v) is 2.75. The van der Waals surface area contributed by atoms with Crippen LogP contribution < -0.4 is 14.2 Å². The van der Waals surface area contributed by atoms with Crippen molar-refractivity contribution in [1.29, 1.82) is 0 Å². The van der Waals surface area contributed by atoms with Crippen LogP contribution in [0.15, 0.2) is 12.1 Å². The number of ether oxygens (including phenoxy) is 3. The number of benzene rings is 1. The molecule has 88 valence electrons. The van der Waals surface area contributed by atoms with Crippen molar-refractivity contribution < 1.29 is 19.3 Å². The first kappa shape index (κ1) is 11.1. The first-order valence-electron chi connectivity index (χ1n) is 5.33. The first-order valence-corrected chi connectivity index (χ1v) is 5.33. The molecule has 4 heteroatoms. The standard InChI is InChI=1S/C12H16O4/c1-14-8-6-10(15-2)12-9(13)4-3-5-16-11(12)7-8/h6-7,9,13H,3-5H2,1-2H3/t9-/m0/s1. The number of methoxy groups -OCH3 is 2. The largest absolute Gasteiger partial charge is 0.496 e. The summed E-state index contributed by atoms with van der Waals surface area (Å²) in [5.74, 6) is 1.94. The summed E-state index contributed by atoms with van der Waals surface area (Å²) in [4.78, 5) is 0. The second-order valence-electron chi connectivity index (χ2n) is 3.75. The zero-order valence-corrected chi connectivity index (χ0v) is 9.53. The molecule has 1 aliphatic heterocycles. The van der Waals surface area contributed by atoms with Gasteiger partial charge in [0.2, 0.25) is 0 Å². The Labute approximate surface area is 94.8 Å². The van der Waals surface area contributed by atoms with Gasteiger partial charge < -0.3 is 19.3 Å². The van der Waals surface area contributed by atoms with Gasteiger partial charge in [0.1, 0.15) is 17.2 Å². The fourth-order valence-electron chi connectivity index (χ4n) is 1.91. The van der Waals surface area contributed by atoms with Crippen molar-refractivity contribution in [1.82, 2.24) is 0 Å². The molecule has 0 fully saturated rings. The minimum Gasteiger partial charge on any atom is -0.496 e. The number of aliphatic hydroxyl groups is 1. The molecule has 1 atom stereocenters. The number of hydrogen-bond acceptors (Lipinski definition) is 4. The molecule has 4 nitrogen and oxygen atoms in total. The van der Waals surface area contributed by atoms with Gasteiger partial charge in [-0.15, -0.1) is 0 Å². The second-order valence-corrected chi connectivity index (χ2v) is 3.75. The van der Waals surface area contributed by atoms with Crippen molar-refractivity contribution in [3.05, 3.63) is 17.7 Å². The van der Waals surface area contributed by atoms with Gasteiger partial charge in [-0.05, 0) is 12.8 Å². The van der Waals surface area contributed by atoms with Crippen LogP contribution >= 0.6 is 0 Å². The van der Waals surface area contributed by atoms with E-state index in [-0.39, 0.29) is 0 Å². The van der Waals surface area contributed by atoms with Crippen LogP contribution in [-0.2, 0) is 0 Å². The van der Waals surface area contributed by atoms with Gasteiger partial charge in [-0.25, -0.2) is 0 Å². The van der Waals surface area contributed by atoms with E-state index < -0.39 is 6.10 Å². The van der Waals surface area contributed by atoms with Gasteiger partial charge >= 0.3 is 0 Å². The molecule has 0 aromatic heterocycles. The summed E-state index contributed by atoms with van der Waals surface area (Å²) in [5, 5.41) is 10.0. The summed E-state index contributed by atoms with van der Waals surface area (Å²) in [6.07, 6.45) is 0.996. The van der Waals surface area contributed by atoms with Crippen LogP contribution in [0.4, 0.5) is 0 Å². The molecule has 1 aromatic rings. The molecule has 2 rings (SSSR count). The van der Waals surface area contributed by atoms with E-state index in [9.17, 15) is 5.11 Å². The lowest BCUT2D eigenvalue weighted by atomic mass is 10.0. The van der Waals surface area contributed by atoms with Crippen LogP contribution in [0.3, 0.4) is 0 Å². The minimum absolute atomic E-state index is 0.529. The fraction of sp³-hybridized carbons (Fsp3) is 0.500. The SMILES string of the molecule is COc1cc(OC)c2c(c1)OCCC[C@@H]2O. The molecule has 0 aliphatic carbocycles. The van der Waals surface area contributed by atoms with Gasteiger partial charge in [-0.2, -0.15) is 0 Å². The Morgan fingerprint density at radius 2 is 2.12 bits per heavy atom. The molecule has 0 amide bonds. The average Bonchev–Trinajstić information content (AvgIpc) is 2.50. The van der Waals surface area contributed by atoms with Crippen molar-refractivity contribution in [2.45, 2.75) is 18.9 Å². The smallest absolute Gasteiger partial charge is 0.132 e. The molecule has 0 bridgehead atoms. The monoisotopic (exact) mass is 224 g/mol. The van der Waals surface area contributed by atoms with Crippen LogP contribution in [0.5, 0.6) is 17.2 Å². The van der Waals surface area contributed by atoms with E-state index in [2.05, 4.69) is 0 Å². The molecule has 0 saturated heterocycles. The highest BCUT2D eigenvalue weighted by atomic mass is 16.5. The number of rotatable bonds is 2. The Kier molecular flexibility index (Phi) is 3.19. The molecule has 1 heterocycles. The molecule has 1 N–H and O–H groups in total. The molecule has 0 saturated carbocycles.